The molecule has 0 N–H and O–H groups in total. The SMILES string of the molecule is CCCC1CCCCN1c1cccc(Br)n1. The molecule has 1 aromatic rings. The number of piperidine rings is 1. The standard InChI is InChI=1S/C13H19BrN2/c1-2-6-11-7-3-4-10-16(11)13-9-5-8-12(14)15-13/h5,8-9,11H,2-4,6-7,10H2,1H3. The Balaban J connectivity index is 2.16. The van der Waals surface area contributed by atoms with E-state index in [-0.39, 0.29) is 0 Å². The number of pyridine rings is 1. The van der Waals surface area contributed by atoms with Gasteiger partial charge < -0.3 is 4.90 Å². The molecule has 1 fully saturated rings. The zero-order valence-corrected chi connectivity index (χ0v) is 11.4. The number of hydrogen-bond acceptors (Lipinski definition) is 2. The molecule has 0 aliphatic carbocycles. The molecule has 2 nitrogen and oxygen atoms in total. The van der Waals surface area contributed by atoms with Crippen LogP contribution in [0.25, 0.3) is 0 Å². The number of nitrogens with zero attached hydrogens (tertiary/aromatic N) is 2. The van der Waals surface area contributed by atoms with Gasteiger partial charge in [-0.05, 0) is 53.7 Å². The molecule has 1 atom stereocenters. The average molecular weight is 283 g/mol. The summed E-state index contributed by atoms with van der Waals surface area (Å²) in [5, 5.41) is 0. The van der Waals surface area contributed by atoms with Crippen molar-refractivity contribution in [2.45, 2.75) is 45.1 Å². The highest BCUT2D eigenvalue weighted by Crippen LogP contribution is 2.26. The molecular formula is C13H19BrN2. The first-order valence-electron chi connectivity index (χ1n) is 6.20. The van der Waals surface area contributed by atoms with Crippen LogP contribution in [0.1, 0.15) is 39.0 Å². The minimum atomic E-state index is 0.695. The van der Waals surface area contributed by atoms with Crippen LogP contribution in [-0.4, -0.2) is 17.6 Å². The van der Waals surface area contributed by atoms with E-state index in [1.165, 1.54) is 32.1 Å². The highest BCUT2D eigenvalue weighted by Gasteiger charge is 2.22. The topological polar surface area (TPSA) is 16.1 Å². The molecule has 0 spiro atoms. The lowest BCUT2D eigenvalue weighted by Gasteiger charge is -2.36. The summed E-state index contributed by atoms with van der Waals surface area (Å²) < 4.78 is 0.936. The van der Waals surface area contributed by atoms with E-state index in [2.05, 4.69) is 44.9 Å². The maximum Gasteiger partial charge on any atom is 0.130 e. The quantitative estimate of drug-likeness (QED) is 0.779. The van der Waals surface area contributed by atoms with E-state index in [9.17, 15) is 0 Å². The molecule has 88 valence electrons. The van der Waals surface area contributed by atoms with Crippen molar-refractivity contribution in [2.75, 3.05) is 11.4 Å². The monoisotopic (exact) mass is 282 g/mol. The van der Waals surface area contributed by atoms with Gasteiger partial charge in [0.05, 0.1) is 0 Å². The Hall–Kier alpha value is -0.570. The second-order valence-electron chi connectivity index (χ2n) is 4.45. The van der Waals surface area contributed by atoms with Crippen LogP contribution in [0.4, 0.5) is 5.82 Å². The molecule has 1 unspecified atom stereocenters. The highest BCUT2D eigenvalue weighted by molar-refractivity contribution is 9.10. The second kappa shape index (κ2) is 5.67. The Bertz CT molecular complexity index is 338. The molecule has 1 aromatic heterocycles. The van der Waals surface area contributed by atoms with Gasteiger partial charge in [0.25, 0.3) is 0 Å². The van der Waals surface area contributed by atoms with Gasteiger partial charge in [0.2, 0.25) is 0 Å². The van der Waals surface area contributed by atoms with E-state index in [0.717, 1.165) is 17.0 Å². The van der Waals surface area contributed by atoms with Crippen LogP contribution < -0.4 is 4.90 Å². The van der Waals surface area contributed by atoms with Gasteiger partial charge in [0.1, 0.15) is 10.4 Å². The van der Waals surface area contributed by atoms with Gasteiger partial charge in [0.15, 0.2) is 0 Å². The Labute approximate surface area is 106 Å². The lowest BCUT2D eigenvalue weighted by atomic mass is 9.98. The molecule has 1 saturated heterocycles. The fourth-order valence-corrected chi connectivity index (χ4v) is 2.83. The van der Waals surface area contributed by atoms with Crippen molar-refractivity contribution in [1.82, 2.24) is 4.98 Å². The molecule has 3 heteroatoms. The van der Waals surface area contributed by atoms with E-state index in [1.807, 2.05) is 6.07 Å². The Morgan fingerprint density at radius 3 is 3.06 bits per heavy atom. The van der Waals surface area contributed by atoms with Gasteiger partial charge in [0, 0.05) is 12.6 Å². The third-order valence-electron chi connectivity index (χ3n) is 3.24. The minimum absolute atomic E-state index is 0.695. The molecule has 1 aliphatic rings. The maximum absolute atomic E-state index is 4.57. The lowest BCUT2D eigenvalue weighted by Crippen LogP contribution is -2.40. The van der Waals surface area contributed by atoms with E-state index < -0.39 is 0 Å². The Morgan fingerprint density at radius 2 is 2.31 bits per heavy atom. The van der Waals surface area contributed by atoms with Crippen molar-refractivity contribution >= 4 is 21.7 Å². The number of halogens is 1. The molecular weight excluding hydrogens is 264 g/mol. The zero-order valence-electron chi connectivity index (χ0n) is 9.82. The van der Waals surface area contributed by atoms with E-state index >= 15 is 0 Å². The number of rotatable bonds is 3. The van der Waals surface area contributed by atoms with Crippen LogP contribution >= 0.6 is 15.9 Å². The van der Waals surface area contributed by atoms with Gasteiger partial charge in [-0.3, -0.25) is 0 Å². The largest absolute Gasteiger partial charge is 0.354 e. The predicted octanol–water partition coefficient (Wildman–Crippen LogP) is 4.00. The van der Waals surface area contributed by atoms with E-state index in [1.54, 1.807) is 0 Å². The summed E-state index contributed by atoms with van der Waals surface area (Å²) >= 11 is 3.45. The summed E-state index contributed by atoms with van der Waals surface area (Å²) in [6.07, 6.45) is 6.54. The molecule has 2 rings (SSSR count). The van der Waals surface area contributed by atoms with Crippen LogP contribution in [0.3, 0.4) is 0 Å². The van der Waals surface area contributed by atoms with Crippen molar-refractivity contribution in [3.05, 3.63) is 22.8 Å². The zero-order chi connectivity index (χ0) is 11.4. The van der Waals surface area contributed by atoms with E-state index in [0.29, 0.717) is 6.04 Å². The highest BCUT2D eigenvalue weighted by atomic mass is 79.9. The molecule has 0 radical (unpaired) electrons. The summed E-state index contributed by atoms with van der Waals surface area (Å²) in [5.74, 6) is 1.13. The van der Waals surface area contributed by atoms with Crippen molar-refractivity contribution < 1.29 is 0 Å². The summed E-state index contributed by atoms with van der Waals surface area (Å²) in [6, 6.07) is 6.88. The van der Waals surface area contributed by atoms with Gasteiger partial charge in [-0.2, -0.15) is 0 Å². The minimum Gasteiger partial charge on any atom is -0.354 e. The van der Waals surface area contributed by atoms with Crippen molar-refractivity contribution in [3.8, 4) is 0 Å². The molecule has 0 amide bonds. The van der Waals surface area contributed by atoms with Crippen LogP contribution in [0.2, 0.25) is 0 Å². The molecule has 1 aliphatic heterocycles. The third-order valence-corrected chi connectivity index (χ3v) is 3.69. The van der Waals surface area contributed by atoms with Crippen molar-refractivity contribution in [2.24, 2.45) is 0 Å². The maximum atomic E-state index is 4.57. The smallest absolute Gasteiger partial charge is 0.130 e. The third kappa shape index (κ3) is 2.76. The first-order valence-corrected chi connectivity index (χ1v) is 6.99. The fourth-order valence-electron chi connectivity index (χ4n) is 2.49. The molecule has 2 heterocycles. The van der Waals surface area contributed by atoms with Crippen molar-refractivity contribution in [3.63, 3.8) is 0 Å². The fraction of sp³-hybridized carbons (Fsp3) is 0.615. The molecule has 0 aromatic carbocycles. The number of hydrogen-bond donors (Lipinski definition) is 0. The van der Waals surface area contributed by atoms with Gasteiger partial charge in [-0.25, -0.2) is 4.98 Å². The summed E-state index contributed by atoms with van der Waals surface area (Å²) in [5.41, 5.74) is 0. The van der Waals surface area contributed by atoms with Crippen LogP contribution in [-0.2, 0) is 0 Å². The van der Waals surface area contributed by atoms with Crippen LogP contribution in [0, 0.1) is 0 Å². The van der Waals surface area contributed by atoms with E-state index in [4.69, 9.17) is 0 Å². The Kier molecular flexibility index (Phi) is 4.22. The van der Waals surface area contributed by atoms with Gasteiger partial charge >= 0.3 is 0 Å². The van der Waals surface area contributed by atoms with Gasteiger partial charge in [-0.15, -0.1) is 0 Å². The average Bonchev–Trinajstić information content (AvgIpc) is 2.30. The first-order chi connectivity index (χ1) is 7.81. The normalized spacial score (nSPS) is 21.1. The number of anilines is 1. The van der Waals surface area contributed by atoms with Crippen LogP contribution in [0.15, 0.2) is 22.8 Å². The number of aromatic nitrogens is 1. The Morgan fingerprint density at radius 1 is 1.44 bits per heavy atom. The molecule has 0 bridgehead atoms. The first kappa shape index (κ1) is 11.9. The van der Waals surface area contributed by atoms with Gasteiger partial charge in [-0.1, -0.05) is 19.4 Å². The lowest BCUT2D eigenvalue weighted by molar-refractivity contribution is 0.432. The molecule has 16 heavy (non-hydrogen) atoms. The predicted molar refractivity (Wildman–Crippen MR) is 71.8 cm³/mol. The summed E-state index contributed by atoms with van der Waals surface area (Å²) in [6.45, 7) is 3.43. The molecule has 0 saturated carbocycles. The summed E-state index contributed by atoms with van der Waals surface area (Å²) in [7, 11) is 0. The summed E-state index contributed by atoms with van der Waals surface area (Å²) in [4.78, 5) is 7.06. The second-order valence-corrected chi connectivity index (χ2v) is 5.26. The van der Waals surface area contributed by atoms with Crippen molar-refractivity contribution in [1.29, 1.82) is 0 Å². The van der Waals surface area contributed by atoms with Crippen LogP contribution in [0.5, 0.6) is 0 Å².